The number of hydrogen-bond donors (Lipinski definition) is 1. The summed E-state index contributed by atoms with van der Waals surface area (Å²) in [6.07, 6.45) is 0. The van der Waals surface area contributed by atoms with Gasteiger partial charge >= 0.3 is 5.97 Å². The molecule has 0 atom stereocenters. The van der Waals surface area contributed by atoms with Gasteiger partial charge in [0, 0.05) is 5.02 Å². The molecule has 0 amide bonds. The van der Waals surface area contributed by atoms with Crippen LogP contribution in [-0.2, 0) is 14.8 Å². The van der Waals surface area contributed by atoms with Crippen molar-refractivity contribution in [1.82, 2.24) is 0 Å². The van der Waals surface area contributed by atoms with E-state index in [2.05, 4.69) is 9.46 Å². The van der Waals surface area contributed by atoms with Crippen LogP contribution in [0.1, 0.15) is 15.9 Å². The lowest BCUT2D eigenvalue weighted by Crippen LogP contribution is -2.15. The van der Waals surface area contributed by atoms with E-state index in [1.54, 1.807) is 25.1 Å². The number of carbonyl (C=O) groups is 1. The van der Waals surface area contributed by atoms with Gasteiger partial charge in [-0.3, -0.25) is 4.72 Å². The van der Waals surface area contributed by atoms with E-state index in [0.717, 1.165) is 6.07 Å². The zero-order valence-electron chi connectivity index (χ0n) is 12.3. The minimum Gasteiger partial charge on any atom is -0.465 e. The minimum atomic E-state index is -4.00. The highest BCUT2D eigenvalue weighted by Gasteiger charge is 2.21. The fraction of sp³-hybridized carbons (Fsp3) is 0.133. The molecule has 0 fully saturated rings. The number of anilines is 1. The Hall–Kier alpha value is -1.76. The molecular weight excluding hydrogens is 361 g/mol. The zero-order valence-corrected chi connectivity index (χ0v) is 14.6. The highest BCUT2D eigenvalue weighted by molar-refractivity contribution is 7.92. The fourth-order valence-corrected chi connectivity index (χ4v) is 3.70. The Morgan fingerprint density at radius 3 is 2.48 bits per heavy atom. The number of sulfonamides is 1. The topological polar surface area (TPSA) is 72.5 Å². The summed E-state index contributed by atoms with van der Waals surface area (Å²) in [6, 6.07) is 8.73. The highest BCUT2D eigenvalue weighted by Crippen LogP contribution is 2.28. The summed E-state index contributed by atoms with van der Waals surface area (Å²) >= 11 is 12.0. The first kappa shape index (κ1) is 17.6. The van der Waals surface area contributed by atoms with Crippen LogP contribution < -0.4 is 4.72 Å². The van der Waals surface area contributed by atoms with Gasteiger partial charge in [-0.2, -0.15) is 0 Å². The fourth-order valence-electron chi connectivity index (χ4n) is 1.87. The molecule has 122 valence electrons. The Bertz CT molecular complexity index is 866. The third-order valence-corrected chi connectivity index (χ3v) is 5.41. The Labute approximate surface area is 144 Å². The largest absolute Gasteiger partial charge is 0.465 e. The number of methoxy groups -OCH3 is 1. The summed E-state index contributed by atoms with van der Waals surface area (Å²) in [5, 5.41) is 0.421. The van der Waals surface area contributed by atoms with E-state index in [1.165, 1.54) is 19.2 Å². The molecule has 0 heterocycles. The molecule has 2 aromatic rings. The smallest absolute Gasteiger partial charge is 0.337 e. The minimum absolute atomic E-state index is 0.00941. The van der Waals surface area contributed by atoms with E-state index in [0.29, 0.717) is 16.3 Å². The van der Waals surface area contributed by atoms with E-state index in [4.69, 9.17) is 23.2 Å². The van der Waals surface area contributed by atoms with Crippen LogP contribution in [-0.4, -0.2) is 21.5 Å². The molecule has 0 aliphatic rings. The van der Waals surface area contributed by atoms with E-state index in [9.17, 15) is 13.2 Å². The van der Waals surface area contributed by atoms with Crippen molar-refractivity contribution in [3.63, 3.8) is 0 Å². The molecule has 0 aliphatic heterocycles. The lowest BCUT2D eigenvalue weighted by atomic mass is 10.2. The van der Waals surface area contributed by atoms with Crippen LogP contribution in [0.15, 0.2) is 41.3 Å². The van der Waals surface area contributed by atoms with Crippen LogP contribution in [0.2, 0.25) is 10.0 Å². The summed E-state index contributed by atoms with van der Waals surface area (Å²) in [5.41, 5.74) is 0.995. The number of nitrogens with one attached hydrogen (secondary N) is 1. The SMILES string of the molecule is COC(=O)c1ccc(Cl)c(S(=O)(=O)Nc2cccc(Cl)c2C)c1. The molecule has 0 bridgehead atoms. The summed E-state index contributed by atoms with van der Waals surface area (Å²) in [4.78, 5) is 11.3. The molecule has 0 saturated carbocycles. The van der Waals surface area contributed by atoms with Gasteiger partial charge in [0.25, 0.3) is 10.0 Å². The van der Waals surface area contributed by atoms with Gasteiger partial charge in [0.1, 0.15) is 4.90 Å². The molecule has 0 aliphatic carbocycles. The Morgan fingerprint density at radius 1 is 1.13 bits per heavy atom. The van der Waals surface area contributed by atoms with Crippen molar-refractivity contribution in [2.24, 2.45) is 0 Å². The van der Waals surface area contributed by atoms with E-state index in [-0.39, 0.29) is 15.5 Å². The number of esters is 1. The van der Waals surface area contributed by atoms with Gasteiger partial charge in [-0.1, -0.05) is 29.3 Å². The number of benzene rings is 2. The van der Waals surface area contributed by atoms with Crippen LogP contribution in [0.25, 0.3) is 0 Å². The Balaban J connectivity index is 2.47. The lowest BCUT2D eigenvalue weighted by molar-refractivity contribution is 0.0600. The summed E-state index contributed by atoms with van der Waals surface area (Å²) in [6.45, 7) is 1.69. The maximum Gasteiger partial charge on any atom is 0.337 e. The lowest BCUT2D eigenvalue weighted by Gasteiger charge is -2.13. The van der Waals surface area contributed by atoms with Crippen LogP contribution in [0.3, 0.4) is 0 Å². The van der Waals surface area contributed by atoms with Crippen molar-refractivity contribution in [1.29, 1.82) is 0 Å². The van der Waals surface area contributed by atoms with Gasteiger partial charge < -0.3 is 4.74 Å². The second-order valence-corrected chi connectivity index (χ2v) is 7.12. The second-order valence-electron chi connectivity index (χ2n) is 4.65. The predicted molar refractivity (Wildman–Crippen MR) is 89.8 cm³/mol. The monoisotopic (exact) mass is 373 g/mol. The van der Waals surface area contributed by atoms with Crippen LogP contribution in [0.4, 0.5) is 5.69 Å². The molecule has 2 aromatic carbocycles. The first-order valence-corrected chi connectivity index (χ1v) is 8.66. The molecular formula is C15H13Cl2NO4S. The average Bonchev–Trinajstić information content (AvgIpc) is 2.51. The molecule has 8 heteroatoms. The van der Waals surface area contributed by atoms with E-state index in [1.807, 2.05) is 0 Å². The van der Waals surface area contributed by atoms with Crippen molar-refractivity contribution in [3.05, 3.63) is 57.6 Å². The molecule has 0 radical (unpaired) electrons. The van der Waals surface area contributed by atoms with Crippen molar-refractivity contribution in [3.8, 4) is 0 Å². The van der Waals surface area contributed by atoms with Gasteiger partial charge in [0.15, 0.2) is 0 Å². The van der Waals surface area contributed by atoms with Gasteiger partial charge in [-0.05, 0) is 42.8 Å². The number of rotatable bonds is 4. The molecule has 0 spiro atoms. The van der Waals surface area contributed by atoms with E-state index < -0.39 is 16.0 Å². The maximum atomic E-state index is 12.6. The van der Waals surface area contributed by atoms with Crippen LogP contribution in [0, 0.1) is 6.92 Å². The quantitative estimate of drug-likeness (QED) is 0.825. The number of halogens is 2. The van der Waals surface area contributed by atoms with Crippen molar-refractivity contribution >= 4 is 44.9 Å². The third-order valence-electron chi connectivity index (χ3n) is 3.15. The number of carbonyl (C=O) groups excluding carboxylic acids is 1. The summed E-state index contributed by atoms with van der Waals surface area (Å²) < 4.78 is 32.1. The first-order chi connectivity index (χ1) is 10.8. The maximum absolute atomic E-state index is 12.6. The summed E-state index contributed by atoms with van der Waals surface area (Å²) in [7, 11) is -2.79. The van der Waals surface area contributed by atoms with Crippen LogP contribution >= 0.6 is 23.2 Å². The molecule has 0 aromatic heterocycles. The first-order valence-electron chi connectivity index (χ1n) is 6.42. The molecule has 5 nitrogen and oxygen atoms in total. The number of hydrogen-bond acceptors (Lipinski definition) is 4. The molecule has 0 unspecified atom stereocenters. The Morgan fingerprint density at radius 2 is 1.83 bits per heavy atom. The molecule has 23 heavy (non-hydrogen) atoms. The third kappa shape index (κ3) is 3.77. The number of ether oxygens (including phenoxy) is 1. The Kier molecular flexibility index (Phi) is 5.19. The normalized spacial score (nSPS) is 11.1. The standard InChI is InChI=1S/C15H13Cl2NO4S/c1-9-11(16)4-3-5-13(9)18-23(20,21)14-8-10(15(19)22-2)6-7-12(14)17/h3-8,18H,1-2H3. The van der Waals surface area contributed by atoms with Gasteiger partial charge in [-0.15, -0.1) is 0 Å². The summed E-state index contributed by atoms with van der Waals surface area (Å²) in [5.74, 6) is -0.656. The highest BCUT2D eigenvalue weighted by atomic mass is 35.5. The van der Waals surface area contributed by atoms with Crippen LogP contribution in [0.5, 0.6) is 0 Å². The average molecular weight is 374 g/mol. The molecule has 2 rings (SSSR count). The molecule has 0 saturated heterocycles. The second kappa shape index (κ2) is 6.78. The van der Waals surface area contributed by atoms with Gasteiger partial charge in [0.2, 0.25) is 0 Å². The van der Waals surface area contributed by atoms with Crippen molar-refractivity contribution < 1.29 is 17.9 Å². The van der Waals surface area contributed by atoms with Crippen molar-refractivity contribution in [2.45, 2.75) is 11.8 Å². The van der Waals surface area contributed by atoms with Crippen molar-refractivity contribution in [2.75, 3.05) is 11.8 Å². The van der Waals surface area contributed by atoms with E-state index >= 15 is 0 Å². The molecule has 1 N–H and O–H groups in total. The van der Waals surface area contributed by atoms with Gasteiger partial charge in [0.05, 0.1) is 23.4 Å². The van der Waals surface area contributed by atoms with Gasteiger partial charge in [-0.25, -0.2) is 13.2 Å². The zero-order chi connectivity index (χ0) is 17.2. The predicted octanol–water partition coefficient (Wildman–Crippen LogP) is 3.89.